The number of nitrogens with zero attached hydrogens (tertiary/aromatic N) is 2. The van der Waals surface area contributed by atoms with Gasteiger partial charge in [0.05, 0.1) is 25.9 Å². The minimum atomic E-state index is 0.0512. The van der Waals surface area contributed by atoms with Crippen molar-refractivity contribution in [2.45, 2.75) is 32.0 Å². The Hall–Kier alpha value is -1.40. The van der Waals surface area contributed by atoms with E-state index in [-0.39, 0.29) is 12.5 Å². The molecule has 1 aromatic rings. The fourth-order valence-electron chi connectivity index (χ4n) is 1.55. The lowest BCUT2D eigenvalue weighted by Crippen LogP contribution is -2.34. The van der Waals surface area contributed by atoms with E-state index in [0.29, 0.717) is 25.7 Å². The maximum atomic E-state index is 11.4. The van der Waals surface area contributed by atoms with Crippen molar-refractivity contribution >= 4 is 5.91 Å². The highest BCUT2D eigenvalue weighted by atomic mass is 16.3. The number of aliphatic hydroxyl groups excluding tert-OH is 1. The highest BCUT2D eigenvalue weighted by Crippen LogP contribution is 2.18. The third kappa shape index (κ3) is 4.16. The topological polar surface area (TPSA) is 79.2 Å². The Morgan fingerprint density at radius 1 is 1.59 bits per heavy atom. The molecule has 0 saturated heterocycles. The number of carbonyl (C=O) groups excluding carboxylic acids is 1. The lowest BCUT2D eigenvalue weighted by Gasteiger charge is -2.03. The zero-order valence-electron chi connectivity index (χ0n) is 9.72. The van der Waals surface area contributed by atoms with Crippen molar-refractivity contribution < 1.29 is 9.90 Å². The Bertz CT molecular complexity index is 373. The van der Waals surface area contributed by atoms with Crippen LogP contribution in [0.1, 0.15) is 18.4 Å². The van der Waals surface area contributed by atoms with Crippen LogP contribution in [0.5, 0.6) is 0 Å². The second kappa shape index (κ2) is 5.79. The molecule has 94 valence electrons. The first-order chi connectivity index (χ1) is 8.28. The predicted octanol–water partition coefficient (Wildman–Crippen LogP) is -0.756. The van der Waals surface area contributed by atoms with E-state index >= 15 is 0 Å². The van der Waals surface area contributed by atoms with E-state index in [1.165, 1.54) is 0 Å². The summed E-state index contributed by atoms with van der Waals surface area (Å²) in [6.07, 6.45) is 5.82. The van der Waals surface area contributed by atoms with Crippen molar-refractivity contribution in [1.82, 2.24) is 20.4 Å². The van der Waals surface area contributed by atoms with Crippen LogP contribution in [0.25, 0.3) is 0 Å². The summed E-state index contributed by atoms with van der Waals surface area (Å²) >= 11 is 0. The molecule has 0 unspecified atom stereocenters. The van der Waals surface area contributed by atoms with Gasteiger partial charge in [0.2, 0.25) is 5.91 Å². The maximum Gasteiger partial charge on any atom is 0.234 e. The molecule has 0 radical (unpaired) electrons. The van der Waals surface area contributed by atoms with Crippen LogP contribution in [0.4, 0.5) is 0 Å². The Morgan fingerprint density at radius 3 is 3.12 bits per heavy atom. The average Bonchev–Trinajstić information content (AvgIpc) is 2.99. The van der Waals surface area contributed by atoms with Gasteiger partial charge in [0.25, 0.3) is 0 Å². The number of carbonyl (C=O) groups is 1. The molecular weight excluding hydrogens is 220 g/mol. The van der Waals surface area contributed by atoms with Crippen molar-refractivity contribution in [3.8, 4) is 0 Å². The molecule has 0 aliphatic heterocycles. The summed E-state index contributed by atoms with van der Waals surface area (Å²) in [5.74, 6) is 0.0512. The SMILES string of the molecule is O=C(CNCc1cnn(CCO)c1)NC1CC1. The number of amides is 1. The molecule has 2 rings (SSSR count). The second-order valence-corrected chi connectivity index (χ2v) is 4.28. The van der Waals surface area contributed by atoms with E-state index in [2.05, 4.69) is 15.7 Å². The van der Waals surface area contributed by atoms with Crippen molar-refractivity contribution in [2.24, 2.45) is 0 Å². The highest BCUT2D eigenvalue weighted by Gasteiger charge is 2.22. The molecule has 0 spiro atoms. The minimum Gasteiger partial charge on any atom is -0.394 e. The normalized spacial score (nSPS) is 14.9. The Balaban J connectivity index is 1.64. The Kier molecular flexibility index (Phi) is 4.11. The molecule has 1 aliphatic carbocycles. The Morgan fingerprint density at radius 2 is 2.41 bits per heavy atom. The molecule has 1 amide bonds. The maximum absolute atomic E-state index is 11.4. The van der Waals surface area contributed by atoms with Crippen molar-refractivity contribution in [1.29, 1.82) is 0 Å². The molecule has 6 heteroatoms. The molecule has 1 aliphatic rings. The third-order valence-corrected chi connectivity index (χ3v) is 2.57. The molecule has 0 bridgehead atoms. The fourth-order valence-corrected chi connectivity index (χ4v) is 1.55. The van der Waals surface area contributed by atoms with Crippen molar-refractivity contribution in [3.05, 3.63) is 18.0 Å². The van der Waals surface area contributed by atoms with Crippen LogP contribution in [0.15, 0.2) is 12.4 Å². The molecule has 6 nitrogen and oxygen atoms in total. The number of aliphatic hydroxyl groups is 1. The summed E-state index contributed by atoms with van der Waals surface area (Å²) in [5, 5.41) is 18.8. The van der Waals surface area contributed by atoms with Gasteiger partial charge in [0, 0.05) is 24.3 Å². The molecule has 1 fully saturated rings. The third-order valence-electron chi connectivity index (χ3n) is 2.57. The van der Waals surface area contributed by atoms with Gasteiger partial charge in [-0.15, -0.1) is 0 Å². The monoisotopic (exact) mass is 238 g/mol. The zero-order chi connectivity index (χ0) is 12.1. The number of nitrogens with one attached hydrogen (secondary N) is 2. The van der Waals surface area contributed by atoms with E-state index in [1.54, 1.807) is 10.9 Å². The van der Waals surface area contributed by atoms with Gasteiger partial charge in [-0.25, -0.2) is 0 Å². The smallest absolute Gasteiger partial charge is 0.234 e. The summed E-state index contributed by atoms with van der Waals surface area (Å²) in [6.45, 7) is 1.53. The molecule has 1 aromatic heterocycles. The lowest BCUT2D eigenvalue weighted by molar-refractivity contribution is -0.120. The van der Waals surface area contributed by atoms with Crippen LogP contribution in [0.2, 0.25) is 0 Å². The van der Waals surface area contributed by atoms with Crippen LogP contribution >= 0.6 is 0 Å². The molecule has 0 aromatic carbocycles. The number of hydrogen-bond donors (Lipinski definition) is 3. The quantitative estimate of drug-likeness (QED) is 0.583. The first kappa shape index (κ1) is 12.1. The van der Waals surface area contributed by atoms with Crippen molar-refractivity contribution in [2.75, 3.05) is 13.2 Å². The largest absolute Gasteiger partial charge is 0.394 e. The number of rotatable bonds is 7. The lowest BCUT2D eigenvalue weighted by atomic mass is 10.3. The van der Waals surface area contributed by atoms with Crippen molar-refractivity contribution in [3.63, 3.8) is 0 Å². The van der Waals surface area contributed by atoms with Crippen LogP contribution in [0, 0.1) is 0 Å². The van der Waals surface area contributed by atoms with Gasteiger partial charge in [0.15, 0.2) is 0 Å². The van der Waals surface area contributed by atoms with Gasteiger partial charge in [-0.3, -0.25) is 9.48 Å². The highest BCUT2D eigenvalue weighted by molar-refractivity contribution is 5.78. The van der Waals surface area contributed by atoms with E-state index < -0.39 is 0 Å². The van der Waals surface area contributed by atoms with Crippen LogP contribution in [-0.4, -0.2) is 40.0 Å². The summed E-state index contributed by atoms with van der Waals surface area (Å²) in [4.78, 5) is 11.4. The summed E-state index contributed by atoms with van der Waals surface area (Å²) in [6, 6.07) is 0.414. The number of aromatic nitrogens is 2. The first-order valence-corrected chi connectivity index (χ1v) is 5.90. The summed E-state index contributed by atoms with van der Waals surface area (Å²) < 4.78 is 1.68. The standard InChI is InChI=1S/C11H18N4O2/c16-4-3-15-8-9(6-13-15)5-12-7-11(17)14-10-1-2-10/h6,8,10,12,16H,1-5,7H2,(H,14,17). The van der Waals surface area contributed by atoms with Gasteiger partial charge in [-0.1, -0.05) is 0 Å². The second-order valence-electron chi connectivity index (χ2n) is 4.28. The van der Waals surface area contributed by atoms with E-state index in [4.69, 9.17) is 5.11 Å². The van der Waals surface area contributed by atoms with Gasteiger partial charge in [-0.05, 0) is 12.8 Å². The van der Waals surface area contributed by atoms with Gasteiger partial charge >= 0.3 is 0 Å². The molecule has 1 heterocycles. The number of hydrogen-bond acceptors (Lipinski definition) is 4. The molecule has 17 heavy (non-hydrogen) atoms. The van der Waals surface area contributed by atoms with Gasteiger partial charge < -0.3 is 15.7 Å². The first-order valence-electron chi connectivity index (χ1n) is 5.90. The fraction of sp³-hybridized carbons (Fsp3) is 0.636. The van der Waals surface area contributed by atoms with Crippen LogP contribution < -0.4 is 10.6 Å². The molecular formula is C11H18N4O2. The van der Waals surface area contributed by atoms with E-state index in [0.717, 1.165) is 18.4 Å². The Labute approximate surface area is 100 Å². The molecule has 1 saturated carbocycles. The van der Waals surface area contributed by atoms with Gasteiger partial charge in [-0.2, -0.15) is 5.10 Å². The van der Waals surface area contributed by atoms with E-state index in [1.807, 2.05) is 6.20 Å². The molecule has 3 N–H and O–H groups in total. The summed E-state index contributed by atoms with van der Waals surface area (Å²) in [5.41, 5.74) is 1.01. The van der Waals surface area contributed by atoms with Crippen LogP contribution in [0.3, 0.4) is 0 Å². The zero-order valence-corrected chi connectivity index (χ0v) is 9.72. The predicted molar refractivity (Wildman–Crippen MR) is 62.2 cm³/mol. The molecule has 0 atom stereocenters. The average molecular weight is 238 g/mol. The van der Waals surface area contributed by atoms with E-state index in [9.17, 15) is 4.79 Å². The van der Waals surface area contributed by atoms with Gasteiger partial charge in [0.1, 0.15) is 0 Å². The summed E-state index contributed by atoms with van der Waals surface area (Å²) in [7, 11) is 0. The van der Waals surface area contributed by atoms with Crippen LogP contribution in [-0.2, 0) is 17.9 Å². The minimum absolute atomic E-state index is 0.0512.